The smallest absolute Gasteiger partial charge is 0.297 e. The van der Waals surface area contributed by atoms with E-state index in [0.717, 1.165) is 24.3 Å². The summed E-state index contributed by atoms with van der Waals surface area (Å²) in [5, 5.41) is 251. The molecular formula is C62H92O44S2. The molecule has 30 aliphatic heterocycles. The van der Waals surface area contributed by atoms with Crippen LogP contribution in [-0.4, -0.2) is 428 Å². The van der Waals surface area contributed by atoms with Crippen LogP contribution in [0, 0.1) is 13.8 Å². The molecule has 0 spiro atoms. The monoisotopic (exact) mass is 1600 g/mol. The minimum Gasteiger partial charge on any atom is -0.394 e. The SMILES string of the molecule is Cc1ccc(S(=O)(=O)OC[C@H]2O[C@@H]3O[C@H]4[C@H](O)[C@@H](O)[C@@H](O[C@H]5[C@H](O)[C@@H](O)[C@@H](O[C@H]6[C@H](O)[C@@H](O)[C@@H](O[C@H]7[C@H](O)[C@@H](O)[C@@H](O[C@H]8[C@H](O)[C@@H](O)[C@@H](O[C@H]9[C@H](O)[C@@H](O)[C@@H](O[C@H]%10[C@H](O)[C@@H](O)[C@@H](O[C@H]2[C@H](O)[C@H]3O)O[C@@H]%10CO)O[C@@H]9CO)O[C@@H]8CO)O[C@@H]7CO)O[C@@H]6CO)O[C@@H]5CO)O[C@@H]4COS(=O)(=O)c2ccc(C)cc2)cc1. The molecule has 30 fully saturated rings. The second-order valence-corrected chi connectivity index (χ2v) is 30.4. The van der Waals surface area contributed by atoms with E-state index in [1.54, 1.807) is 13.8 Å². The van der Waals surface area contributed by atoms with Crippen LogP contribution in [0.5, 0.6) is 0 Å². The topological polar surface area (TPSA) is 679 Å². The first-order valence-corrected chi connectivity index (χ1v) is 36.9. The Labute approximate surface area is 613 Å². The number of benzene rings is 2. The van der Waals surface area contributed by atoms with E-state index in [2.05, 4.69) is 0 Å². The zero-order valence-corrected chi connectivity index (χ0v) is 58.6. The third-order valence-electron chi connectivity index (χ3n) is 19.9. The number of hydrogen-bond acceptors (Lipinski definition) is 44. The summed E-state index contributed by atoms with van der Waals surface area (Å²) >= 11 is 0. The van der Waals surface area contributed by atoms with Crippen molar-refractivity contribution in [3.05, 3.63) is 59.7 Å². The lowest BCUT2D eigenvalue weighted by Gasteiger charge is -2.50. The molecule has 0 radical (unpaired) electrons. The molecule has 46 heteroatoms. The molecule has 0 unspecified atom stereocenters. The second-order valence-electron chi connectivity index (χ2n) is 27.2. The van der Waals surface area contributed by atoms with Gasteiger partial charge in [0.25, 0.3) is 20.2 Å². The fourth-order valence-corrected chi connectivity index (χ4v) is 15.6. The van der Waals surface area contributed by atoms with E-state index < -0.39 is 329 Å². The Morgan fingerprint density at radius 1 is 0.241 bits per heavy atom. The lowest BCUT2D eigenvalue weighted by molar-refractivity contribution is -0.403. The highest BCUT2D eigenvalue weighted by atomic mass is 32.2. The number of aliphatic hydroxyl groups is 22. The lowest BCUT2D eigenvalue weighted by Crippen LogP contribution is -2.69. The Balaban J connectivity index is 0.912. The molecular weight excluding hydrogens is 1510 g/mol. The quantitative estimate of drug-likeness (QED) is 0.0781. The Hall–Kier alpha value is -3.26. The van der Waals surface area contributed by atoms with Crippen LogP contribution < -0.4 is 0 Å². The molecule has 0 aromatic heterocycles. The van der Waals surface area contributed by atoms with Crippen molar-refractivity contribution in [3.8, 4) is 0 Å². The molecule has 108 heavy (non-hydrogen) atoms. The first-order chi connectivity index (χ1) is 51.2. The van der Waals surface area contributed by atoms with E-state index >= 15 is 0 Å². The predicted molar refractivity (Wildman–Crippen MR) is 336 cm³/mol. The molecule has 22 N–H and O–H groups in total. The van der Waals surface area contributed by atoms with Gasteiger partial charge in [0.05, 0.1) is 62.6 Å². The highest BCUT2D eigenvalue weighted by Gasteiger charge is 2.61. The molecule has 0 saturated carbocycles. The largest absolute Gasteiger partial charge is 0.394 e. The van der Waals surface area contributed by atoms with Gasteiger partial charge in [-0.15, -0.1) is 0 Å². The molecule has 16 bridgehead atoms. The Morgan fingerprint density at radius 2 is 0.389 bits per heavy atom. The number of rotatable bonds is 14. The molecule has 616 valence electrons. The first-order valence-electron chi connectivity index (χ1n) is 34.1. The van der Waals surface area contributed by atoms with Crippen LogP contribution >= 0.6 is 0 Å². The van der Waals surface area contributed by atoms with Crippen LogP contribution in [-0.2, 0) is 104 Å². The first kappa shape index (κ1) is 85.6. The van der Waals surface area contributed by atoms with Gasteiger partial charge in [0, 0.05) is 0 Å². The van der Waals surface area contributed by atoms with Crippen LogP contribution in [0.25, 0.3) is 0 Å². The number of hydrogen-bond donors (Lipinski definition) is 22. The summed E-state index contributed by atoms with van der Waals surface area (Å²) in [6, 6.07) is 10.2. The summed E-state index contributed by atoms with van der Waals surface area (Å²) in [6.45, 7) is -6.09. The van der Waals surface area contributed by atoms with Crippen molar-refractivity contribution >= 4 is 20.2 Å². The van der Waals surface area contributed by atoms with Crippen molar-refractivity contribution < 1.29 is 213 Å². The summed E-state index contributed by atoms with van der Waals surface area (Å²) < 4.78 is 159. The van der Waals surface area contributed by atoms with Crippen molar-refractivity contribution in [1.82, 2.24) is 0 Å². The van der Waals surface area contributed by atoms with Gasteiger partial charge in [0.1, 0.15) is 195 Å². The standard InChI is InChI=1S/C62H92O44S2/c1-19-3-7-21(8-4-19)107(85,86)89-17-29-53-38(76)46(84)62(98-29)106-54-30(18-90-108(87,88)22-9-5-20(2)6-10-22)97-61(45(83)37(54)75)104-52-28(16-68)95-59(43(81)35(52)73)102-50-26(14-66)93-57(41(79)33(50)71)100-48-24(12-64)91-55(39(77)31(48)69)99-47-23(11-63)92-56(40(78)32(47)70)101-49-25(13-65)94-58(42(80)34(49)72)103-51-27(15-67)96-60(105-53)44(82)36(51)74/h3-10,23-84H,11-18H2,1-2H3/t23-,24-,25-,26-,27-,28-,29-,30-,31-,32-,33-,34-,35-,36-,37-,38-,39-,40-,41-,42-,43-,44-,45-,46-,47-,48-,49-,50-,51-,52-,53-,54-,55-,56-,57-,58-,59-,60-,61-,62-/m1/s1. The molecule has 30 heterocycles. The molecule has 32 rings (SSSR count). The van der Waals surface area contributed by atoms with Crippen molar-refractivity contribution in [2.45, 2.75) is 269 Å². The number of aryl methyl sites for hydroxylation is 2. The average molecular weight is 1610 g/mol. The fourth-order valence-electron chi connectivity index (χ4n) is 13.7. The normalized spacial score (nSPS) is 47.6. The van der Waals surface area contributed by atoms with Gasteiger partial charge in [-0.3, -0.25) is 8.37 Å². The Morgan fingerprint density at radius 3 is 0.546 bits per heavy atom. The summed E-state index contributed by atoms with van der Waals surface area (Å²) in [4.78, 5) is -0.876. The Kier molecular flexibility index (Phi) is 28.4. The van der Waals surface area contributed by atoms with Crippen molar-refractivity contribution in [2.75, 3.05) is 52.9 Å². The molecule has 0 amide bonds. The second kappa shape index (κ2) is 35.9. The highest BCUT2D eigenvalue weighted by molar-refractivity contribution is 7.87. The van der Waals surface area contributed by atoms with Gasteiger partial charge in [0.15, 0.2) is 50.3 Å². The van der Waals surface area contributed by atoms with Crippen LogP contribution in [0.2, 0.25) is 0 Å². The van der Waals surface area contributed by atoms with E-state index in [1.165, 1.54) is 24.3 Å². The van der Waals surface area contributed by atoms with Gasteiger partial charge < -0.3 is 188 Å². The predicted octanol–water partition coefficient (Wildman–Crippen LogP) is -14.0. The van der Waals surface area contributed by atoms with Crippen molar-refractivity contribution in [1.29, 1.82) is 0 Å². The van der Waals surface area contributed by atoms with Gasteiger partial charge in [0.2, 0.25) is 0 Å². The van der Waals surface area contributed by atoms with Gasteiger partial charge >= 0.3 is 0 Å². The van der Waals surface area contributed by atoms with E-state index in [-0.39, 0.29) is 0 Å². The number of ether oxygens (including phenoxy) is 16. The molecule has 2 aromatic rings. The summed E-state index contributed by atoms with van der Waals surface area (Å²) in [5.74, 6) is 0. The molecule has 0 aliphatic carbocycles. The summed E-state index contributed by atoms with van der Waals surface area (Å²) in [5.41, 5.74) is 1.22. The fraction of sp³-hybridized carbons (Fsp3) is 0.806. The minimum absolute atomic E-state index is 0.438. The Bertz CT molecular complexity index is 3320. The average Bonchev–Trinajstić information content (AvgIpc) is 0.780. The van der Waals surface area contributed by atoms with Crippen LogP contribution in [0.3, 0.4) is 0 Å². The lowest BCUT2D eigenvalue weighted by atomic mass is 9.94. The van der Waals surface area contributed by atoms with Gasteiger partial charge in [-0.2, -0.15) is 16.8 Å². The third-order valence-corrected chi connectivity index (χ3v) is 22.5. The molecule has 44 nitrogen and oxygen atoms in total. The van der Waals surface area contributed by atoms with E-state index in [1.807, 2.05) is 0 Å². The van der Waals surface area contributed by atoms with E-state index in [0.29, 0.717) is 11.1 Å². The van der Waals surface area contributed by atoms with Crippen molar-refractivity contribution in [3.63, 3.8) is 0 Å². The zero-order valence-electron chi connectivity index (χ0n) is 57.0. The van der Waals surface area contributed by atoms with Crippen molar-refractivity contribution in [2.24, 2.45) is 0 Å². The molecule has 30 aliphatic rings. The number of aliphatic hydroxyl groups excluding tert-OH is 22. The maximum atomic E-state index is 13.8. The zero-order chi connectivity index (χ0) is 78.4. The van der Waals surface area contributed by atoms with Crippen LogP contribution in [0.1, 0.15) is 11.1 Å². The van der Waals surface area contributed by atoms with E-state index in [9.17, 15) is 129 Å². The summed E-state index contributed by atoms with van der Waals surface area (Å²) in [7, 11) is -9.68. The van der Waals surface area contributed by atoms with Gasteiger partial charge in [-0.1, -0.05) is 35.4 Å². The summed E-state index contributed by atoms with van der Waals surface area (Å²) in [6.07, 6.45) is -87.6. The van der Waals surface area contributed by atoms with Gasteiger partial charge in [-0.05, 0) is 38.1 Å². The minimum atomic E-state index is -4.84. The van der Waals surface area contributed by atoms with Gasteiger partial charge in [-0.25, -0.2) is 0 Å². The van der Waals surface area contributed by atoms with E-state index in [4.69, 9.17) is 84.2 Å². The highest BCUT2D eigenvalue weighted by Crippen LogP contribution is 2.41. The molecule has 2 aromatic carbocycles. The maximum Gasteiger partial charge on any atom is 0.297 e. The third kappa shape index (κ3) is 17.8. The maximum absolute atomic E-state index is 13.8. The molecule has 30 saturated heterocycles. The molecule has 40 atom stereocenters. The van der Waals surface area contributed by atoms with Crippen LogP contribution in [0.15, 0.2) is 58.3 Å². The van der Waals surface area contributed by atoms with Crippen LogP contribution in [0.4, 0.5) is 0 Å².